The zero-order valence-electron chi connectivity index (χ0n) is 10.8. The van der Waals surface area contributed by atoms with Crippen LogP contribution in [-0.4, -0.2) is 72.6 Å². The van der Waals surface area contributed by atoms with Crippen LogP contribution in [-0.2, 0) is 28.5 Å². The third-order valence-corrected chi connectivity index (χ3v) is 5.29. The molecule has 20 heavy (non-hydrogen) atoms. The number of rotatable bonds is 8. The zero-order chi connectivity index (χ0) is 13.9. The van der Waals surface area contributed by atoms with E-state index in [0.717, 1.165) is 24.7 Å². The minimum atomic E-state index is -0.778. The molecule has 6 nitrogen and oxygen atoms in total. The summed E-state index contributed by atoms with van der Waals surface area (Å²) in [6, 6.07) is 0. The first-order chi connectivity index (χ1) is 9.72. The maximum atomic E-state index is 11.8. The Hall–Kier alpha value is -0.440. The van der Waals surface area contributed by atoms with Gasteiger partial charge in [-0.1, -0.05) is 0 Å². The molecule has 3 aliphatic heterocycles. The second kappa shape index (κ2) is 6.55. The van der Waals surface area contributed by atoms with Gasteiger partial charge < -0.3 is 18.9 Å². The van der Waals surface area contributed by atoms with Gasteiger partial charge in [-0.3, -0.25) is 0 Å². The monoisotopic (exact) mass is 320 g/mol. The Balaban J connectivity index is 1.37. The molecule has 3 aliphatic rings. The molecule has 3 fully saturated rings. The fourth-order valence-electron chi connectivity index (χ4n) is 1.67. The smallest absolute Gasteiger partial charge is 0.349 e. The summed E-state index contributed by atoms with van der Waals surface area (Å²) >= 11 is 3.09. The second-order valence-corrected chi connectivity index (χ2v) is 6.99. The van der Waals surface area contributed by atoms with E-state index < -0.39 is 24.1 Å². The van der Waals surface area contributed by atoms with Crippen LogP contribution in [0.1, 0.15) is 0 Å². The van der Waals surface area contributed by atoms with E-state index in [2.05, 4.69) is 0 Å². The number of thioether (sulfide) groups is 2. The summed E-state index contributed by atoms with van der Waals surface area (Å²) in [5.74, 6) is 1.62. The van der Waals surface area contributed by atoms with Gasteiger partial charge in [-0.25, -0.2) is 9.59 Å². The van der Waals surface area contributed by atoms with E-state index in [1.807, 2.05) is 0 Å². The van der Waals surface area contributed by atoms with Crippen molar-refractivity contribution in [3.8, 4) is 0 Å². The van der Waals surface area contributed by atoms with E-state index in [0.29, 0.717) is 23.7 Å². The third kappa shape index (κ3) is 4.28. The third-order valence-electron chi connectivity index (χ3n) is 2.99. The molecule has 0 aromatic rings. The molecule has 8 heteroatoms. The lowest BCUT2D eigenvalue weighted by atomic mass is 10.3. The van der Waals surface area contributed by atoms with Crippen molar-refractivity contribution >= 4 is 35.5 Å². The first-order valence-electron chi connectivity index (χ1n) is 6.52. The number of cyclic esters (lactones) is 2. The van der Waals surface area contributed by atoms with Gasteiger partial charge in [-0.15, -0.1) is 0 Å². The molecular weight excluding hydrogens is 304 g/mol. The standard InChI is InChI=1S/C12H16O6S2/c13-11-9(5-19-3-7-1-15-7)17-12(14)10(18-11)6-20-4-8-2-16-8/h7-10H,1-6H2. The van der Waals surface area contributed by atoms with Crippen LogP contribution in [0.3, 0.4) is 0 Å². The lowest BCUT2D eigenvalue weighted by molar-refractivity contribution is -0.190. The minimum Gasteiger partial charge on any atom is -0.447 e. The van der Waals surface area contributed by atoms with Gasteiger partial charge in [0.15, 0.2) is 0 Å². The van der Waals surface area contributed by atoms with Crippen LogP contribution in [0.15, 0.2) is 0 Å². The van der Waals surface area contributed by atoms with Gasteiger partial charge in [0.05, 0.1) is 25.4 Å². The Bertz CT molecular complexity index is 346. The second-order valence-electron chi connectivity index (χ2n) is 4.84. The molecule has 112 valence electrons. The molecule has 0 N–H and O–H groups in total. The molecule has 3 rings (SSSR count). The highest BCUT2D eigenvalue weighted by Gasteiger charge is 2.38. The summed E-state index contributed by atoms with van der Waals surface area (Å²) in [4.78, 5) is 23.5. The fourth-order valence-corrected chi connectivity index (χ4v) is 3.69. The molecule has 0 aromatic heterocycles. The van der Waals surface area contributed by atoms with Crippen molar-refractivity contribution in [1.82, 2.24) is 0 Å². The van der Waals surface area contributed by atoms with Crippen LogP contribution < -0.4 is 0 Å². The summed E-state index contributed by atoms with van der Waals surface area (Å²) in [6.07, 6.45) is -0.966. The lowest BCUT2D eigenvalue weighted by Gasteiger charge is -2.27. The van der Waals surface area contributed by atoms with E-state index in [1.165, 1.54) is 0 Å². The highest BCUT2D eigenvalue weighted by molar-refractivity contribution is 7.99. The maximum absolute atomic E-state index is 11.8. The predicted molar refractivity (Wildman–Crippen MR) is 73.9 cm³/mol. The van der Waals surface area contributed by atoms with Crippen molar-refractivity contribution < 1.29 is 28.5 Å². The van der Waals surface area contributed by atoms with E-state index in [9.17, 15) is 9.59 Å². The van der Waals surface area contributed by atoms with Crippen molar-refractivity contribution in [3.63, 3.8) is 0 Å². The van der Waals surface area contributed by atoms with Gasteiger partial charge in [0.2, 0.25) is 12.2 Å². The molecule has 0 spiro atoms. The number of carbonyl (C=O) groups is 2. The van der Waals surface area contributed by atoms with Crippen LogP contribution in [0.25, 0.3) is 0 Å². The summed E-state index contributed by atoms with van der Waals surface area (Å²) < 4.78 is 20.5. The van der Waals surface area contributed by atoms with Crippen molar-refractivity contribution in [3.05, 3.63) is 0 Å². The van der Waals surface area contributed by atoms with Gasteiger partial charge in [0.1, 0.15) is 0 Å². The number of epoxide rings is 2. The number of esters is 2. The number of ether oxygens (including phenoxy) is 4. The topological polar surface area (TPSA) is 77.7 Å². The Morgan fingerprint density at radius 3 is 1.55 bits per heavy atom. The molecule has 3 saturated heterocycles. The Kier molecular flexibility index (Phi) is 4.75. The highest BCUT2D eigenvalue weighted by atomic mass is 32.2. The van der Waals surface area contributed by atoms with E-state index in [4.69, 9.17) is 18.9 Å². The Labute approximate surface area is 125 Å². The van der Waals surface area contributed by atoms with Crippen molar-refractivity contribution in [2.75, 3.05) is 36.2 Å². The van der Waals surface area contributed by atoms with Gasteiger partial charge in [-0.05, 0) is 0 Å². The molecule has 0 radical (unpaired) electrons. The summed E-state index contributed by atoms with van der Waals surface area (Å²) in [6.45, 7) is 1.57. The maximum Gasteiger partial charge on any atom is 0.349 e. The van der Waals surface area contributed by atoms with Crippen LogP contribution in [0, 0.1) is 0 Å². The molecule has 3 heterocycles. The average Bonchev–Trinajstić information content (AvgIpc) is 3.28. The van der Waals surface area contributed by atoms with Gasteiger partial charge in [0, 0.05) is 23.0 Å². The van der Waals surface area contributed by atoms with E-state index >= 15 is 0 Å². The average molecular weight is 320 g/mol. The molecule has 4 unspecified atom stereocenters. The van der Waals surface area contributed by atoms with Crippen LogP contribution in [0.2, 0.25) is 0 Å². The first-order valence-corrected chi connectivity index (χ1v) is 8.83. The van der Waals surface area contributed by atoms with Gasteiger partial charge >= 0.3 is 11.9 Å². The number of carbonyl (C=O) groups excluding carboxylic acids is 2. The predicted octanol–water partition coefficient (Wildman–Crippen LogP) is 0.0876. The summed E-state index contributed by atoms with van der Waals surface area (Å²) in [5.41, 5.74) is 0. The van der Waals surface area contributed by atoms with Gasteiger partial charge in [0.25, 0.3) is 0 Å². The Morgan fingerprint density at radius 1 is 0.800 bits per heavy atom. The minimum absolute atomic E-state index is 0.295. The van der Waals surface area contributed by atoms with Crippen LogP contribution in [0.4, 0.5) is 0 Å². The van der Waals surface area contributed by atoms with Crippen molar-refractivity contribution in [2.24, 2.45) is 0 Å². The molecular formula is C12H16O6S2. The molecule has 0 saturated carbocycles. The van der Waals surface area contributed by atoms with Gasteiger partial charge in [-0.2, -0.15) is 23.5 Å². The highest BCUT2D eigenvalue weighted by Crippen LogP contribution is 2.22. The number of hydrogen-bond donors (Lipinski definition) is 0. The number of hydrogen-bond acceptors (Lipinski definition) is 8. The zero-order valence-corrected chi connectivity index (χ0v) is 12.5. The normalized spacial score (nSPS) is 35.4. The lowest BCUT2D eigenvalue weighted by Crippen LogP contribution is -2.46. The first kappa shape index (κ1) is 14.5. The Morgan fingerprint density at radius 2 is 1.20 bits per heavy atom. The fraction of sp³-hybridized carbons (Fsp3) is 0.833. The quantitative estimate of drug-likeness (QED) is 0.460. The molecule has 0 aromatic carbocycles. The molecule has 0 amide bonds. The van der Waals surface area contributed by atoms with Crippen molar-refractivity contribution in [2.45, 2.75) is 24.4 Å². The van der Waals surface area contributed by atoms with Crippen LogP contribution >= 0.6 is 23.5 Å². The van der Waals surface area contributed by atoms with E-state index in [-0.39, 0.29) is 0 Å². The molecule has 4 atom stereocenters. The van der Waals surface area contributed by atoms with Crippen LogP contribution in [0.5, 0.6) is 0 Å². The molecule has 0 bridgehead atoms. The largest absolute Gasteiger partial charge is 0.447 e. The van der Waals surface area contributed by atoms with E-state index in [1.54, 1.807) is 23.5 Å². The summed E-state index contributed by atoms with van der Waals surface area (Å²) in [7, 11) is 0. The van der Waals surface area contributed by atoms with Crippen molar-refractivity contribution in [1.29, 1.82) is 0 Å². The summed E-state index contributed by atoms with van der Waals surface area (Å²) in [5, 5.41) is 0. The SMILES string of the molecule is O=C1OC(CSCC2CO2)C(=O)OC1CSCC1CO1. The molecule has 0 aliphatic carbocycles.